The molecule has 2 aromatic rings. The maximum absolute atomic E-state index is 12.4. The van der Waals surface area contributed by atoms with Gasteiger partial charge in [0.15, 0.2) is 18.1 Å². The van der Waals surface area contributed by atoms with Gasteiger partial charge in [-0.3, -0.25) is 4.79 Å². The standard InChI is InChI=1S/C21H23NO5/c1-2-22(14-16-7-4-3-5-8-16)20(23)15-27-21(24)17-9-10-18-19(13-17)26-12-6-11-25-18/h3-5,7-10,13H,2,6,11-12,14-15H2,1H3. The Morgan fingerprint density at radius 1 is 1.04 bits per heavy atom. The van der Waals surface area contributed by atoms with Crippen molar-refractivity contribution in [1.82, 2.24) is 4.90 Å². The number of esters is 1. The Morgan fingerprint density at radius 3 is 2.52 bits per heavy atom. The highest BCUT2D eigenvalue weighted by Gasteiger charge is 2.18. The molecule has 3 rings (SSSR count). The molecule has 0 spiro atoms. The Labute approximate surface area is 158 Å². The van der Waals surface area contributed by atoms with E-state index in [1.807, 2.05) is 37.3 Å². The summed E-state index contributed by atoms with van der Waals surface area (Å²) in [5.41, 5.74) is 1.36. The number of benzene rings is 2. The summed E-state index contributed by atoms with van der Waals surface area (Å²) in [6, 6.07) is 14.6. The molecule has 0 aromatic heterocycles. The van der Waals surface area contributed by atoms with Crippen molar-refractivity contribution in [2.75, 3.05) is 26.4 Å². The van der Waals surface area contributed by atoms with Crippen LogP contribution in [0.3, 0.4) is 0 Å². The van der Waals surface area contributed by atoms with Gasteiger partial charge in [-0.15, -0.1) is 0 Å². The minimum atomic E-state index is -0.560. The van der Waals surface area contributed by atoms with Crippen molar-refractivity contribution in [3.8, 4) is 11.5 Å². The number of nitrogens with zero attached hydrogens (tertiary/aromatic N) is 1. The van der Waals surface area contributed by atoms with Crippen LogP contribution >= 0.6 is 0 Å². The lowest BCUT2D eigenvalue weighted by atomic mass is 10.2. The van der Waals surface area contributed by atoms with Crippen LogP contribution in [0.4, 0.5) is 0 Å². The van der Waals surface area contributed by atoms with Gasteiger partial charge in [0.25, 0.3) is 5.91 Å². The maximum atomic E-state index is 12.4. The number of carbonyl (C=O) groups is 2. The largest absolute Gasteiger partial charge is 0.490 e. The zero-order chi connectivity index (χ0) is 19.1. The molecular formula is C21H23NO5. The van der Waals surface area contributed by atoms with Gasteiger partial charge >= 0.3 is 5.97 Å². The normalized spacial score (nSPS) is 12.8. The van der Waals surface area contributed by atoms with Gasteiger partial charge in [0.2, 0.25) is 0 Å². The molecule has 6 nitrogen and oxygen atoms in total. The first-order valence-corrected chi connectivity index (χ1v) is 9.06. The molecule has 142 valence electrons. The van der Waals surface area contributed by atoms with Crippen LogP contribution in [0.2, 0.25) is 0 Å². The molecule has 0 aliphatic carbocycles. The number of fused-ring (bicyclic) bond motifs is 1. The summed E-state index contributed by atoms with van der Waals surface area (Å²) in [5, 5.41) is 0. The molecule has 0 N–H and O–H groups in total. The first-order valence-electron chi connectivity index (χ1n) is 9.06. The van der Waals surface area contributed by atoms with Crippen molar-refractivity contribution < 1.29 is 23.8 Å². The van der Waals surface area contributed by atoms with Crippen LogP contribution in [0.15, 0.2) is 48.5 Å². The molecule has 0 unspecified atom stereocenters. The molecule has 0 atom stereocenters. The average Bonchev–Trinajstić information content (AvgIpc) is 2.95. The number of likely N-dealkylation sites (N-methyl/N-ethyl adjacent to an activating group) is 1. The van der Waals surface area contributed by atoms with Gasteiger partial charge in [0, 0.05) is 19.5 Å². The minimum Gasteiger partial charge on any atom is -0.490 e. The van der Waals surface area contributed by atoms with Crippen molar-refractivity contribution in [2.24, 2.45) is 0 Å². The van der Waals surface area contributed by atoms with E-state index in [-0.39, 0.29) is 12.5 Å². The lowest BCUT2D eigenvalue weighted by Gasteiger charge is -2.21. The highest BCUT2D eigenvalue weighted by molar-refractivity contribution is 5.92. The van der Waals surface area contributed by atoms with E-state index in [0.29, 0.717) is 43.4 Å². The molecule has 2 aromatic carbocycles. The van der Waals surface area contributed by atoms with E-state index >= 15 is 0 Å². The third-order valence-corrected chi connectivity index (χ3v) is 4.26. The number of rotatable bonds is 6. The van der Waals surface area contributed by atoms with E-state index in [1.165, 1.54) is 0 Å². The molecule has 1 heterocycles. The van der Waals surface area contributed by atoms with Crippen LogP contribution in [0.1, 0.15) is 29.3 Å². The van der Waals surface area contributed by atoms with Gasteiger partial charge in [-0.25, -0.2) is 4.79 Å². The van der Waals surface area contributed by atoms with E-state index in [9.17, 15) is 9.59 Å². The molecule has 1 aliphatic rings. The molecule has 27 heavy (non-hydrogen) atoms. The summed E-state index contributed by atoms with van der Waals surface area (Å²) in [7, 11) is 0. The number of carbonyl (C=O) groups excluding carboxylic acids is 2. The summed E-state index contributed by atoms with van der Waals surface area (Å²) in [4.78, 5) is 26.3. The quantitative estimate of drug-likeness (QED) is 0.732. The predicted octanol–water partition coefficient (Wildman–Crippen LogP) is 3.05. The van der Waals surface area contributed by atoms with Crippen molar-refractivity contribution in [2.45, 2.75) is 19.9 Å². The second-order valence-electron chi connectivity index (χ2n) is 6.18. The SMILES string of the molecule is CCN(Cc1ccccc1)C(=O)COC(=O)c1ccc2c(c1)OCCCO2. The highest BCUT2D eigenvalue weighted by atomic mass is 16.5. The van der Waals surface area contributed by atoms with Gasteiger partial charge in [0.1, 0.15) is 0 Å². The fourth-order valence-corrected chi connectivity index (χ4v) is 2.77. The van der Waals surface area contributed by atoms with E-state index < -0.39 is 5.97 Å². The van der Waals surface area contributed by atoms with E-state index in [1.54, 1.807) is 23.1 Å². The van der Waals surface area contributed by atoms with Crippen molar-refractivity contribution in [3.05, 3.63) is 59.7 Å². The molecule has 6 heteroatoms. The van der Waals surface area contributed by atoms with Gasteiger partial charge in [-0.05, 0) is 30.7 Å². The molecular weight excluding hydrogens is 346 g/mol. The second kappa shape index (κ2) is 9.07. The summed E-state index contributed by atoms with van der Waals surface area (Å²) in [5.74, 6) is 0.339. The Balaban J connectivity index is 1.57. The van der Waals surface area contributed by atoms with Gasteiger partial charge in [-0.1, -0.05) is 30.3 Å². The Kier molecular flexibility index (Phi) is 6.30. The van der Waals surface area contributed by atoms with Crippen LogP contribution in [0.5, 0.6) is 11.5 Å². The predicted molar refractivity (Wildman–Crippen MR) is 99.9 cm³/mol. The van der Waals surface area contributed by atoms with Crippen LogP contribution < -0.4 is 9.47 Å². The van der Waals surface area contributed by atoms with Crippen LogP contribution in [-0.4, -0.2) is 43.1 Å². The van der Waals surface area contributed by atoms with Gasteiger partial charge in [0.05, 0.1) is 18.8 Å². The first kappa shape index (κ1) is 18.8. The molecule has 0 radical (unpaired) electrons. The zero-order valence-corrected chi connectivity index (χ0v) is 15.3. The number of ether oxygens (including phenoxy) is 3. The summed E-state index contributed by atoms with van der Waals surface area (Å²) >= 11 is 0. The third kappa shape index (κ3) is 5.00. The van der Waals surface area contributed by atoms with E-state index in [2.05, 4.69) is 0 Å². The van der Waals surface area contributed by atoms with Crippen molar-refractivity contribution in [3.63, 3.8) is 0 Å². The number of hydrogen-bond acceptors (Lipinski definition) is 5. The van der Waals surface area contributed by atoms with Gasteiger partial charge < -0.3 is 19.1 Å². The molecule has 0 fully saturated rings. The van der Waals surface area contributed by atoms with E-state index in [0.717, 1.165) is 12.0 Å². The number of hydrogen-bond donors (Lipinski definition) is 0. The Morgan fingerprint density at radius 2 is 1.78 bits per heavy atom. The van der Waals surface area contributed by atoms with Crippen LogP contribution in [0, 0.1) is 0 Å². The maximum Gasteiger partial charge on any atom is 0.338 e. The second-order valence-corrected chi connectivity index (χ2v) is 6.18. The zero-order valence-electron chi connectivity index (χ0n) is 15.3. The van der Waals surface area contributed by atoms with E-state index in [4.69, 9.17) is 14.2 Å². The first-order chi connectivity index (χ1) is 13.2. The Bertz CT molecular complexity index is 790. The molecule has 0 saturated heterocycles. The Hall–Kier alpha value is -3.02. The van der Waals surface area contributed by atoms with Gasteiger partial charge in [-0.2, -0.15) is 0 Å². The van der Waals surface area contributed by atoms with Crippen LogP contribution in [0.25, 0.3) is 0 Å². The minimum absolute atomic E-state index is 0.232. The summed E-state index contributed by atoms with van der Waals surface area (Å²) in [6.07, 6.45) is 0.789. The molecule has 1 amide bonds. The lowest BCUT2D eigenvalue weighted by Crippen LogP contribution is -2.34. The molecule has 0 bridgehead atoms. The fraction of sp³-hybridized carbons (Fsp3) is 0.333. The fourth-order valence-electron chi connectivity index (χ4n) is 2.77. The topological polar surface area (TPSA) is 65.1 Å². The lowest BCUT2D eigenvalue weighted by molar-refractivity contribution is -0.134. The summed E-state index contributed by atoms with van der Waals surface area (Å²) in [6.45, 7) is 3.74. The smallest absolute Gasteiger partial charge is 0.338 e. The average molecular weight is 369 g/mol. The third-order valence-electron chi connectivity index (χ3n) is 4.26. The molecule has 1 aliphatic heterocycles. The number of amides is 1. The molecule has 0 saturated carbocycles. The van der Waals surface area contributed by atoms with Crippen molar-refractivity contribution >= 4 is 11.9 Å². The summed E-state index contributed by atoms with van der Waals surface area (Å²) < 4.78 is 16.3. The monoisotopic (exact) mass is 369 g/mol. The van der Waals surface area contributed by atoms with Crippen LogP contribution in [-0.2, 0) is 16.1 Å². The highest BCUT2D eigenvalue weighted by Crippen LogP contribution is 2.30. The van der Waals surface area contributed by atoms with Crippen molar-refractivity contribution in [1.29, 1.82) is 0 Å².